The van der Waals surface area contributed by atoms with Gasteiger partial charge in [-0.1, -0.05) is 36.4 Å². The lowest BCUT2D eigenvalue weighted by Crippen LogP contribution is -2.54. The van der Waals surface area contributed by atoms with Crippen molar-refractivity contribution < 1.29 is 9.63 Å². The number of nitrogens with zero attached hydrogens (tertiary/aromatic N) is 2. The SMILES string of the molecule is CCON(C(=O)c1ccc2c(c1)CCN1C[C@@H]3CCCN[C@@H]3C[C@H]21)[C@H](C)c1ccccc1. The van der Waals surface area contributed by atoms with Crippen LogP contribution in [0.15, 0.2) is 48.5 Å². The molecule has 0 aromatic heterocycles. The van der Waals surface area contributed by atoms with E-state index in [1.54, 1.807) is 5.06 Å². The average molecular weight is 434 g/mol. The molecule has 32 heavy (non-hydrogen) atoms. The summed E-state index contributed by atoms with van der Waals surface area (Å²) in [5.41, 5.74) is 4.53. The number of fused-ring (bicyclic) bond motifs is 4. The summed E-state index contributed by atoms with van der Waals surface area (Å²) in [6.07, 6.45) is 4.86. The smallest absolute Gasteiger partial charge is 0.278 e. The highest BCUT2D eigenvalue weighted by Gasteiger charge is 2.39. The van der Waals surface area contributed by atoms with E-state index in [9.17, 15) is 4.79 Å². The molecule has 2 aromatic carbocycles. The molecule has 0 aliphatic carbocycles. The number of hydrogen-bond acceptors (Lipinski definition) is 4. The summed E-state index contributed by atoms with van der Waals surface area (Å²) in [7, 11) is 0. The Hall–Kier alpha value is -2.21. The van der Waals surface area contributed by atoms with E-state index in [1.807, 2.05) is 50.2 Å². The molecule has 5 rings (SSSR count). The van der Waals surface area contributed by atoms with E-state index in [4.69, 9.17) is 4.84 Å². The minimum Gasteiger partial charge on any atom is -0.314 e. The van der Waals surface area contributed by atoms with Gasteiger partial charge in [-0.15, -0.1) is 0 Å². The maximum Gasteiger partial charge on any atom is 0.278 e. The minimum absolute atomic E-state index is 0.0638. The maximum absolute atomic E-state index is 13.5. The zero-order valence-corrected chi connectivity index (χ0v) is 19.3. The van der Waals surface area contributed by atoms with Gasteiger partial charge in [-0.25, -0.2) is 5.06 Å². The van der Waals surface area contributed by atoms with Crippen molar-refractivity contribution in [3.63, 3.8) is 0 Å². The Morgan fingerprint density at radius 2 is 2.09 bits per heavy atom. The van der Waals surface area contributed by atoms with Gasteiger partial charge in [-0.05, 0) is 80.8 Å². The molecule has 0 saturated carbocycles. The fourth-order valence-corrected chi connectivity index (χ4v) is 5.93. The van der Waals surface area contributed by atoms with E-state index in [2.05, 4.69) is 22.3 Å². The highest BCUT2D eigenvalue weighted by atomic mass is 16.7. The van der Waals surface area contributed by atoms with Gasteiger partial charge in [0.25, 0.3) is 5.91 Å². The summed E-state index contributed by atoms with van der Waals surface area (Å²) in [4.78, 5) is 22.0. The van der Waals surface area contributed by atoms with Gasteiger partial charge < -0.3 is 5.32 Å². The normalized spacial score (nSPS) is 25.9. The maximum atomic E-state index is 13.5. The Balaban J connectivity index is 1.38. The van der Waals surface area contributed by atoms with Crippen LogP contribution in [-0.2, 0) is 11.3 Å². The molecule has 3 aliphatic rings. The first kappa shape index (κ1) is 21.6. The first-order valence-corrected chi connectivity index (χ1v) is 12.3. The summed E-state index contributed by atoms with van der Waals surface area (Å²) >= 11 is 0. The second kappa shape index (κ2) is 9.34. The Morgan fingerprint density at radius 3 is 2.91 bits per heavy atom. The highest BCUT2D eigenvalue weighted by Crippen LogP contribution is 2.41. The van der Waals surface area contributed by atoms with Crippen LogP contribution < -0.4 is 5.32 Å². The molecular formula is C27H35N3O2. The van der Waals surface area contributed by atoms with Gasteiger partial charge in [-0.3, -0.25) is 14.5 Å². The van der Waals surface area contributed by atoms with Gasteiger partial charge in [0.2, 0.25) is 0 Å². The van der Waals surface area contributed by atoms with Crippen molar-refractivity contribution in [3.8, 4) is 0 Å². The van der Waals surface area contributed by atoms with E-state index in [1.165, 1.54) is 36.9 Å². The van der Waals surface area contributed by atoms with Crippen LogP contribution in [0.5, 0.6) is 0 Å². The number of rotatable bonds is 5. The van der Waals surface area contributed by atoms with Crippen molar-refractivity contribution in [1.82, 2.24) is 15.3 Å². The van der Waals surface area contributed by atoms with Crippen LogP contribution in [0.1, 0.15) is 72.2 Å². The molecule has 0 bridgehead atoms. The van der Waals surface area contributed by atoms with Gasteiger partial charge in [0.05, 0.1) is 12.6 Å². The van der Waals surface area contributed by atoms with Crippen LogP contribution in [0.4, 0.5) is 0 Å². The van der Waals surface area contributed by atoms with Crippen LogP contribution in [0, 0.1) is 5.92 Å². The molecule has 0 spiro atoms. The Kier molecular flexibility index (Phi) is 6.31. The van der Waals surface area contributed by atoms with Crippen molar-refractivity contribution in [2.75, 3.05) is 26.2 Å². The molecule has 0 radical (unpaired) electrons. The van der Waals surface area contributed by atoms with Crippen LogP contribution in [0.2, 0.25) is 0 Å². The lowest BCUT2D eigenvalue weighted by Gasteiger charge is -2.49. The van der Waals surface area contributed by atoms with Crippen molar-refractivity contribution in [1.29, 1.82) is 0 Å². The Morgan fingerprint density at radius 1 is 1.25 bits per heavy atom. The topological polar surface area (TPSA) is 44.8 Å². The fraction of sp³-hybridized carbons (Fsp3) is 0.519. The molecule has 2 saturated heterocycles. The molecule has 3 aliphatic heterocycles. The first-order chi connectivity index (χ1) is 15.7. The summed E-state index contributed by atoms with van der Waals surface area (Å²) in [6, 6.07) is 17.4. The predicted octanol–water partition coefficient (Wildman–Crippen LogP) is 4.51. The number of carbonyl (C=O) groups is 1. The van der Waals surface area contributed by atoms with Crippen LogP contribution >= 0.6 is 0 Å². The third kappa shape index (κ3) is 4.09. The number of hydroxylamine groups is 2. The largest absolute Gasteiger partial charge is 0.314 e. The van der Waals surface area contributed by atoms with Crippen molar-refractivity contribution in [2.45, 2.75) is 57.7 Å². The summed E-state index contributed by atoms with van der Waals surface area (Å²) < 4.78 is 0. The lowest BCUT2D eigenvalue weighted by molar-refractivity contribution is -0.142. The van der Waals surface area contributed by atoms with E-state index >= 15 is 0 Å². The third-order valence-electron chi connectivity index (χ3n) is 7.63. The van der Waals surface area contributed by atoms with Crippen molar-refractivity contribution in [2.24, 2.45) is 5.92 Å². The van der Waals surface area contributed by atoms with Crippen molar-refractivity contribution >= 4 is 5.91 Å². The molecule has 1 amide bonds. The number of carbonyl (C=O) groups excluding carboxylic acids is 1. The molecule has 5 nitrogen and oxygen atoms in total. The summed E-state index contributed by atoms with van der Waals surface area (Å²) in [5, 5.41) is 5.31. The highest BCUT2D eigenvalue weighted by molar-refractivity contribution is 5.94. The van der Waals surface area contributed by atoms with Crippen LogP contribution in [-0.4, -0.2) is 48.2 Å². The number of benzene rings is 2. The van der Waals surface area contributed by atoms with Gasteiger partial charge in [-0.2, -0.15) is 0 Å². The molecule has 3 heterocycles. The number of piperidine rings is 2. The summed E-state index contributed by atoms with van der Waals surface area (Å²) in [6.45, 7) is 7.86. The third-order valence-corrected chi connectivity index (χ3v) is 7.63. The van der Waals surface area contributed by atoms with Gasteiger partial charge in [0.15, 0.2) is 0 Å². The molecular weight excluding hydrogens is 398 g/mol. The molecule has 0 unspecified atom stereocenters. The van der Waals surface area contributed by atoms with E-state index in [0.717, 1.165) is 36.6 Å². The molecule has 2 aromatic rings. The first-order valence-electron chi connectivity index (χ1n) is 12.3. The van der Waals surface area contributed by atoms with Gasteiger partial charge in [0, 0.05) is 30.7 Å². The Labute approximate surface area is 191 Å². The molecule has 170 valence electrons. The zero-order valence-electron chi connectivity index (χ0n) is 19.3. The molecule has 5 heteroatoms. The molecule has 2 fully saturated rings. The van der Waals surface area contributed by atoms with E-state index in [-0.39, 0.29) is 11.9 Å². The minimum atomic E-state index is -0.150. The van der Waals surface area contributed by atoms with Crippen LogP contribution in [0.25, 0.3) is 0 Å². The standard InChI is InChI=1S/C27H35N3O2/c1-3-32-30(19(2)20-8-5-4-6-9-20)27(31)22-11-12-24-21(16-22)13-15-29-18-23-10-7-14-28-25(23)17-26(24)29/h4-6,8-9,11-12,16,19,23,25-26,28H,3,7,10,13-15,17-18H2,1-2H3/t19-,23+,25-,26-/m1/s1. The monoisotopic (exact) mass is 433 g/mol. The fourth-order valence-electron chi connectivity index (χ4n) is 5.93. The number of amides is 1. The average Bonchev–Trinajstić information content (AvgIpc) is 2.85. The second-order valence-electron chi connectivity index (χ2n) is 9.51. The Bertz CT molecular complexity index is 947. The number of nitrogens with one attached hydrogen (secondary N) is 1. The predicted molar refractivity (Wildman–Crippen MR) is 126 cm³/mol. The van der Waals surface area contributed by atoms with Crippen molar-refractivity contribution in [3.05, 3.63) is 70.8 Å². The van der Waals surface area contributed by atoms with Gasteiger partial charge in [0.1, 0.15) is 0 Å². The molecule has 1 N–H and O–H groups in total. The quantitative estimate of drug-likeness (QED) is 0.705. The van der Waals surface area contributed by atoms with Crippen LogP contribution in [0.3, 0.4) is 0 Å². The van der Waals surface area contributed by atoms with Gasteiger partial charge >= 0.3 is 0 Å². The van der Waals surface area contributed by atoms with E-state index in [0.29, 0.717) is 18.7 Å². The zero-order chi connectivity index (χ0) is 22.1. The molecule has 4 atom stereocenters. The summed E-state index contributed by atoms with van der Waals surface area (Å²) in [5.74, 6) is 0.729. The van der Waals surface area contributed by atoms with E-state index < -0.39 is 0 Å². The lowest BCUT2D eigenvalue weighted by atomic mass is 9.77. The second-order valence-corrected chi connectivity index (χ2v) is 9.51. The number of hydrogen-bond donors (Lipinski definition) is 1.